The summed E-state index contributed by atoms with van der Waals surface area (Å²) in [5.41, 5.74) is 2.93. The van der Waals surface area contributed by atoms with Crippen LogP contribution in [0.1, 0.15) is 21.1 Å². The summed E-state index contributed by atoms with van der Waals surface area (Å²) in [5.74, 6) is 0.873. The molecule has 0 unspecified atom stereocenters. The molecule has 28 heavy (non-hydrogen) atoms. The number of piperazine rings is 1. The summed E-state index contributed by atoms with van der Waals surface area (Å²) in [6.07, 6.45) is 0.726. The Kier molecular flexibility index (Phi) is 5.58. The Morgan fingerprint density at radius 1 is 1.04 bits per heavy atom. The van der Waals surface area contributed by atoms with E-state index in [9.17, 15) is 4.79 Å². The van der Waals surface area contributed by atoms with Crippen LogP contribution < -0.4 is 9.64 Å². The van der Waals surface area contributed by atoms with E-state index < -0.39 is 0 Å². The molecule has 1 aliphatic heterocycles. The zero-order valence-corrected chi connectivity index (χ0v) is 16.7. The fourth-order valence-electron chi connectivity index (χ4n) is 3.38. The number of rotatable bonds is 5. The number of para-hydroxylation sites is 1. The minimum Gasteiger partial charge on any atom is -0.497 e. The first-order valence-electron chi connectivity index (χ1n) is 9.39. The van der Waals surface area contributed by atoms with Gasteiger partial charge in [0.25, 0.3) is 5.91 Å². The van der Waals surface area contributed by atoms with E-state index in [-0.39, 0.29) is 5.91 Å². The monoisotopic (exact) mass is 393 g/mol. The standard InChI is InChI=1S/C22H23N3O2S/c1-27-19-9-7-17(8-10-19)15-21-23-20(16-28-21)22(26)25-13-11-24(12-14-25)18-5-3-2-4-6-18/h2-10,16H,11-15H2,1H3. The van der Waals surface area contributed by atoms with Crippen LogP contribution in [-0.4, -0.2) is 49.1 Å². The fourth-order valence-corrected chi connectivity index (χ4v) is 4.18. The zero-order chi connectivity index (χ0) is 19.3. The van der Waals surface area contributed by atoms with Gasteiger partial charge in [-0.3, -0.25) is 4.79 Å². The van der Waals surface area contributed by atoms with Crippen LogP contribution in [0.25, 0.3) is 0 Å². The number of amides is 1. The van der Waals surface area contributed by atoms with E-state index in [1.165, 1.54) is 5.69 Å². The first-order chi connectivity index (χ1) is 13.7. The van der Waals surface area contributed by atoms with E-state index in [0.717, 1.165) is 48.9 Å². The van der Waals surface area contributed by atoms with Gasteiger partial charge in [-0.05, 0) is 29.8 Å². The minimum absolute atomic E-state index is 0.0324. The summed E-state index contributed by atoms with van der Waals surface area (Å²) >= 11 is 1.54. The van der Waals surface area contributed by atoms with Crippen LogP contribution in [0.15, 0.2) is 60.0 Å². The second kappa shape index (κ2) is 8.44. The number of hydrogen-bond acceptors (Lipinski definition) is 5. The maximum atomic E-state index is 12.8. The summed E-state index contributed by atoms with van der Waals surface area (Å²) in [5, 5.41) is 2.83. The molecular weight excluding hydrogens is 370 g/mol. The molecular formula is C22H23N3O2S. The molecule has 5 nitrogen and oxygen atoms in total. The van der Waals surface area contributed by atoms with Crippen molar-refractivity contribution in [1.82, 2.24) is 9.88 Å². The average molecular weight is 394 g/mol. The van der Waals surface area contributed by atoms with Crippen molar-refractivity contribution in [2.75, 3.05) is 38.2 Å². The molecule has 1 aliphatic rings. The number of benzene rings is 2. The molecule has 0 N–H and O–H groups in total. The van der Waals surface area contributed by atoms with E-state index in [4.69, 9.17) is 4.74 Å². The second-order valence-electron chi connectivity index (χ2n) is 6.77. The molecule has 144 valence electrons. The largest absolute Gasteiger partial charge is 0.497 e. The quantitative estimate of drug-likeness (QED) is 0.663. The van der Waals surface area contributed by atoms with Crippen molar-refractivity contribution in [2.24, 2.45) is 0 Å². The topological polar surface area (TPSA) is 45.7 Å². The van der Waals surface area contributed by atoms with Crippen molar-refractivity contribution >= 4 is 22.9 Å². The lowest BCUT2D eigenvalue weighted by molar-refractivity contribution is 0.0741. The Labute approximate surface area is 169 Å². The van der Waals surface area contributed by atoms with Gasteiger partial charge in [0.15, 0.2) is 0 Å². The smallest absolute Gasteiger partial charge is 0.273 e. The van der Waals surface area contributed by atoms with E-state index >= 15 is 0 Å². The summed E-state index contributed by atoms with van der Waals surface area (Å²) in [4.78, 5) is 21.6. The maximum Gasteiger partial charge on any atom is 0.273 e. The fraction of sp³-hybridized carbons (Fsp3) is 0.273. The number of aromatic nitrogens is 1. The third-order valence-corrected chi connectivity index (χ3v) is 5.82. The van der Waals surface area contributed by atoms with Crippen molar-refractivity contribution in [3.63, 3.8) is 0 Å². The molecule has 1 amide bonds. The predicted molar refractivity (Wildman–Crippen MR) is 112 cm³/mol. The van der Waals surface area contributed by atoms with Gasteiger partial charge < -0.3 is 14.5 Å². The van der Waals surface area contributed by atoms with Crippen LogP contribution in [0.2, 0.25) is 0 Å². The summed E-state index contributed by atoms with van der Waals surface area (Å²) < 4.78 is 5.19. The van der Waals surface area contributed by atoms with Crippen LogP contribution in [0.4, 0.5) is 5.69 Å². The molecule has 0 bridgehead atoms. The second-order valence-corrected chi connectivity index (χ2v) is 7.71. The Hall–Kier alpha value is -2.86. The van der Waals surface area contributed by atoms with Crippen molar-refractivity contribution in [1.29, 1.82) is 0 Å². The number of methoxy groups -OCH3 is 1. The van der Waals surface area contributed by atoms with E-state index in [0.29, 0.717) is 5.69 Å². The van der Waals surface area contributed by atoms with Gasteiger partial charge in [-0.1, -0.05) is 30.3 Å². The lowest BCUT2D eigenvalue weighted by Gasteiger charge is -2.35. The minimum atomic E-state index is 0.0324. The average Bonchev–Trinajstić information content (AvgIpc) is 3.23. The molecule has 1 aromatic heterocycles. The highest BCUT2D eigenvalue weighted by Crippen LogP contribution is 2.20. The maximum absolute atomic E-state index is 12.8. The third kappa shape index (κ3) is 4.17. The van der Waals surface area contributed by atoms with Gasteiger partial charge in [-0.25, -0.2) is 4.98 Å². The van der Waals surface area contributed by atoms with E-state index in [1.807, 2.05) is 52.7 Å². The van der Waals surface area contributed by atoms with E-state index in [2.05, 4.69) is 22.0 Å². The lowest BCUT2D eigenvalue weighted by atomic mass is 10.1. The van der Waals surface area contributed by atoms with Crippen LogP contribution >= 0.6 is 11.3 Å². The SMILES string of the molecule is COc1ccc(Cc2nc(C(=O)N3CCN(c4ccccc4)CC3)cs2)cc1. The van der Waals surface area contributed by atoms with Crippen LogP contribution in [-0.2, 0) is 6.42 Å². The summed E-state index contributed by atoms with van der Waals surface area (Å²) in [6, 6.07) is 18.3. The molecule has 2 heterocycles. The first-order valence-corrected chi connectivity index (χ1v) is 10.3. The molecule has 1 saturated heterocycles. The first kappa shape index (κ1) is 18.5. The molecule has 4 rings (SSSR count). The van der Waals surface area contributed by atoms with Crippen molar-refractivity contribution in [2.45, 2.75) is 6.42 Å². The van der Waals surface area contributed by atoms with Crippen molar-refractivity contribution < 1.29 is 9.53 Å². The van der Waals surface area contributed by atoms with Gasteiger partial charge in [0.1, 0.15) is 11.4 Å². The van der Waals surface area contributed by atoms with Crippen molar-refractivity contribution in [3.05, 3.63) is 76.2 Å². The van der Waals surface area contributed by atoms with Gasteiger partial charge >= 0.3 is 0 Å². The predicted octanol–water partition coefficient (Wildman–Crippen LogP) is 3.70. The Balaban J connectivity index is 1.35. The Morgan fingerprint density at radius 2 is 1.75 bits per heavy atom. The molecule has 2 aromatic carbocycles. The van der Waals surface area contributed by atoms with Gasteiger partial charge in [0.2, 0.25) is 0 Å². The number of carbonyl (C=O) groups excluding carboxylic acids is 1. The van der Waals surface area contributed by atoms with Crippen LogP contribution in [0.3, 0.4) is 0 Å². The number of hydrogen-bond donors (Lipinski definition) is 0. The number of carbonyl (C=O) groups is 1. The van der Waals surface area contributed by atoms with Gasteiger partial charge in [0.05, 0.1) is 12.1 Å². The highest BCUT2D eigenvalue weighted by Gasteiger charge is 2.24. The van der Waals surface area contributed by atoms with Crippen molar-refractivity contribution in [3.8, 4) is 5.75 Å². The molecule has 0 radical (unpaired) electrons. The Morgan fingerprint density at radius 3 is 2.43 bits per heavy atom. The number of ether oxygens (including phenoxy) is 1. The molecule has 1 fully saturated rings. The normalized spacial score (nSPS) is 14.2. The van der Waals surface area contributed by atoms with E-state index in [1.54, 1.807) is 18.4 Å². The number of thiazole rings is 1. The van der Waals surface area contributed by atoms with Crippen LogP contribution in [0.5, 0.6) is 5.75 Å². The number of nitrogens with zero attached hydrogens (tertiary/aromatic N) is 3. The molecule has 0 aliphatic carbocycles. The molecule has 0 spiro atoms. The Bertz CT molecular complexity index is 916. The van der Waals surface area contributed by atoms with Crippen LogP contribution in [0, 0.1) is 0 Å². The molecule has 0 atom stereocenters. The van der Waals surface area contributed by atoms with Gasteiger partial charge in [-0.2, -0.15) is 0 Å². The summed E-state index contributed by atoms with van der Waals surface area (Å²) in [7, 11) is 1.66. The number of anilines is 1. The zero-order valence-electron chi connectivity index (χ0n) is 15.9. The van der Waals surface area contributed by atoms with Gasteiger partial charge in [0, 0.05) is 43.7 Å². The molecule has 3 aromatic rings. The third-order valence-electron chi connectivity index (χ3n) is 4.97. The highest BCUT2D eigenvalue weighted by atomic mass is 32.1. The molecule has 6 heteroatoms. The molecule has 0 saturated carbocycles. The highest BCUT2D eigenvalue weighted by molar-refractivity contribution is 7.09. The lowest BCUT2D eigenvalue weighted by Crippen LogP contribution is -2.48. The van der Waals surface area contributed by atoms with Gasteiger partial charge in [-0.15, -0.1) is 11.3 Å². The summed E-state index contributed by atoms with van der Waals surface area (Å²) in [6.45, 7) is 3.13.